The minimum atomic E-state index is -0.741. The lowest BCUT2D eigenvalue weighted by Gasteiger charge is -2.06. The third-order valence-corrected chi connectivity index (χ3v) is 5.00. The molecule has 2 aromatic heterocycles. The number of nitro groups is 1. The number of aromatic nitrogens is 2. The molecule has 0 unspecified atom stereocenters. The van der Waals surface area contributed by atoms with Gasteiger partial charge in [0.15, 0.2) is 10.5 Å². The maximum Gasteiger partial charge on any atom is 0.302 e. The van der Waals surface area contributed by atoms with Gasteiger partial charge >= 0.3 is 5.91 Å². The van der Waals surface area contributed by atoms with E-state index in [1.165, 1.54) is 30.3 Å². The van der Waals surface area contributed by atoms with E-state index in [2.05, 4.69) is 20.9 Å². The predicted octanol–water partition coefficient (Wildman–Crippen LogP) is 4.68. The number of fused-ring (bicyclic) bond motifs is 1. The Morgan fingerprint density at radius 2 is 1.97 bits per heavy atom. The number of carbonyl (C=O) groups excluding carboxylic acids is 1. The summed E-state index contributed by atoms with van der Waals surface area (Å²) in [6, 6.07) is 13.7. The third-order valence-electron chi connectivity index (χ3n) is 4.22. The van der Waals surface area contributed by atoms with Crippen LogP contribution in [-0.4, -0.2) is 20.4 Å². The van der Waals surface area contributed by atoms with Gasteiger partial charge in [0.05, 0.1) is 15.8 Å². The molecule has 144 valence electrons. The topological polar surface area (TPSA) is 111 Å². The third kappa shape index (κ3) is 3.43. The van der Waals surface area contributed by atoms with Gasteiger partial charge < -0.3 is 9.40 Å². The summed E-state index contributed by atoms with van der Waals surface area (Å²) in [5, 5.41) is 11.2. The van der Waals surface area contributed by atoms with Crippen molar-refractivity contribution in [3.8, 4) is 11.3 Å². The highest BCUT2D eigenvalue weighted by molar-refractivity contribution is 9.10. The van der Waals surface area contributed by atoms with Crippen molar-refractivity contribution in [2.45, 2.75) is 0 Å². The van der Waals surface area contributed by atoms with Crippen LogP contribution in [0.3, 0.4) is 0 Å². The number of carbonyl (C=O) groups is 1. The SMILES string of the molecule is O=C(c1ccc(-c2cccc([N+](=O)[O-])c2)o1)n1c(=S)[nH]c2ccc(Br)cc2c1=O. The van der Waals surface area contributed by atoms with Gasteiger partial charge in [-0.2, -0.15) is 0 Å². The highest BCUT2D eigenvalue weighted by Gasteiger charge is 2.19. The summed E-state index contributed by atoms with van der Waals surface area (Å²) in [5.74, 6) is -0.610. The number of furan rings is 1. The number of halogens is 1. The maximum absolute atomic E-state index is 12.9. The van der Waals surface area contributed by atoms with Crippen LogP contribution in [0, 0.1) is 14.9 Å². The first kappa shape index (κ1) is 19.0. The van der Waals surface area contributed by atoms with Crippen LogP contribution in [0.4, 0.5) is 5.69 Å². The number of nitrogens with one attached hydrogen (secondary N) is 1. The number of nitro benzene ring substituents is 1. The second-order valence-corrected chi connectivity index (χ2v) is 7.34. The molecule has 0 saturated carbocycles. The smallest absolute Gasteiger partial charge is 0.302 e. The lowest BCUT2D eigenvalue weighted by Crippen LogP contribution is -2.28. The van der Waals surface area contributed by atoms with Crippen molar-refractivity contribution in [2.75, 3.05) is 0 Å². The van der Waals surface area contributed by atoms with Gasteiger partial charge in [-0.3, -0.25) is 19.7 Å². The molecule has 4 rings (SSSR count). The average molecular weight is 472 g/mol. The first-order valence-electron chi connectivity index (χ1n) is 8.19. The molecule has 0 aliphatic heterocycles. The number of nitrogens with zero attached hydrogens (tertiary/aromatic N) is 2. The van der Waals surface area contributed by atoms with E-state index in [0.29, 0.717) is 15.6 Å². The molecular weight excluding hydrogens is 462 g/mol. The Labute approximate surface area is 175 Å². The van der Waals surface area contributed by atoms with Gasteiger partial charge in [0.2, 0.25) is 0 Å². The zero-order valence-corrected chi connectivity index (χ0v) is 16.8. The quantitative estimate of drug-likeness (QED) is 0.263. The summed E-state index contributed by atoms with van der Waals surface area (Å²) >= 11 is 8.48. The molecule has 4 aromatic rings. The highest BCUT2D eigenvalue weighted by Crippen LogP contribution is 2.26. The molecule has 2 heterocycles. The Hall–Kier alpha value is -3.37. The average Bonchev–Trinajstić information content (AvgIpc) is 3.19. The number of aromatic amines is 1. The van der Waals surface area contributed by atoms with Gasteiger partial charge in [0.25, 0.3) is 11.2 Å². The van der Waals surface area contributed by atoms with E-state index in [1.54, 1.807) is 24.3 Å². The molecule has 0 bridgehead atoms. The molecule has 0 amide bonds. The lowest BCUT2D eigenvalue weighted by molar-refractivity contribution is -0.384. The van der Waals surface area contributed by atoms with E-state index in [4.69, 9.17) is 16.6 Å². The number of non-ortho nitro benzene ring substituents is 1. The van der Waals surface area contributed by atoms with Gasteiger partial charge in [-0.15, -0.1) is 0 Å². The van der Waals surface area contributed by atoms with E-state index in [0.717, 1.165) is 4.57 Å². The van der Waals surface area contributed by atoms with E-state index >= 15 is 0 Å². The largest absolute Gasteiger partial charge is 0.451 e. The summed E-state index contributed by atoms with van der Waals surface area (Å²) < 4.78 is 7.00. The molecule has 0 saturated heterocycles. The van der Waals surface area contributed by atoms with Crippen LogP contribution in [0.2, 0.25) is 0 Å². The first-order chi connectivity index (χ1) is 13.8. The van der Waals surface area contributed by atoms with Gasteiger partial charge in [-0.05, 0) is 42.5 Å². The number of hydrogen-bond acceptors (Lipinski definition) is 6. The molecule has 0 aliphatic carbocycles. The Balaban J connectivity index is 1.79. The second kappa shape index (κ2) is 7.22. The molecule has 0 fully saturated rings. The molecule has 1 N–H and O–H groups in total. The fourth-order valence-electron chi connectivity index (χ4n) is 2.86. The minimum Gasteiger partial charge on any atom is -0.451 e. The monoisotopic (exact) mass is 471 g/mol. The van der Waals surface area contributed by atoms with Crippen LogP contribution in [0.5, 0.6) is 0 Å². The van der Waals surface area contributed by atoms with Crippen molar-refractivity contribution in [2.24, 2.45) is 0 Å². The Morgan fingerprint density at radius 3 is 2.72 bits per heavy atom. The lowest BCUT2D eigenvalue weighted by atomic mass is 10.1. The minimum absolute atomic E-state index is 0.0666. The van der Waals surface area contributed by atoms with Crippen molar-refractivity contribution in [3.05, 3.63) is 90.1 Å². The summed E-state index contributed by atoms with van der Waals surface area (Å²) in [6.45, 7) is 0. The van der Waals surface area contributed by atoms with Crippen LogP contribution < -0.4 is 5.56 Å². The Morgan fingerprint density at radius 1 is 1.17 bits per heavy atom. The molecule has 2 aromatic carbocycles. The molecule has 8 nitrogen and oxygen atoms in total. The van der Waals surface area contributed by atoms with Crippen LogP contribution in [0.1, 0.15) is 10.6 Å². The molecule has 10 heteroatoms. The van der Waals surface area contributed by atoms with E-state index in [-0.39, 0.29) is 27.4 Å². The normalized spacial score (nSPS) is 10.9. The Bertz CT molecular complexity index is 1420. The molecule has 29 heavy (non-hydrogen) atoms. The van der Waals surface area contributed by atoms with Crippen LogP contribution in [-0.2, 0) is 0 Å². The zero-order valence-electron chi connectivity index (χ0n) is 14.4. The summed E-state index contributed by atoms with van der Waals surface area (Å²) in [6.07, 6.45) is 0. The van der Waals surface area contributed by atoms with Gasteiger partial charge in [0.1, 0.15) is 5.76 Å². The molecule has 0 radical (unpaired) electrons. The highest BCUT2D eigenvalue weighted by atomic mass is 79.9. The molecular formula is C19H10BrN3O5S. The maximum atomic E-state index is 12.9. The number of rotatable bonds is 3. The number of H-pyrrole nitrogens is 1. The second-order valence-electron chi connectivity index (χ2n) is 6.04. The summed E-state index contributed by atoms with van der Waals surface area (Å²) in [5.41, 5.74) is 0.246. The molecule has 0 spiro atoms. The van der Waals surface area contributed by atoms with Crippen LogP contribution >= 0.6 is 28.1 Å². The fourth-order valence-corrected chi connectivity index (χ4v) is 3.50. The van der Waals surface area contributed by atoms with Crippen molar-refractivity contribution in [3.63, 3.8) is 0 Å². The predicted molar refractivity (Wildman–Crippen MR) is 112 cm³/mol. The van der Waals surface area contributed by atoms with Gasteiger partial charge in [0, 0.05) is 22.2 Å². The Kier molecular flexibility index (Phi) is 4.73. The van der Waals surface area contributed by atoms with Gasteiger partial charge in [-0.25, -0.2) is 4.57 Å². The number of hydrogen-bond donors (Lipinski definition) is 1. The number of benzene rings is 2. The van der Waals surface area contributed by atoms with Crippen molar-refractivity contribution < 1.29 is 14.1 Å². The van der Waals surface area contributed by atoms with Crippen LogP contribution in [0.15, 0.2) is 68.3 Å². The van der Waals surface area contributed by atoms with Crippen LogP contribution in [0.25, 0.3) is 22.2 Å². The molecule has 0 aliphatic rings. The summed E-state index contributed by atoms with van der Waals surface area (Å²) in [4.78, 5) is 39.0. The zero-order chi connectivity index (χ0) is 20.7. The van der Waals surface area contributed by atoms with E-state index in [1.807, 2.05) is 0 Å². The molecule has 0 atom stereocenters. The first-order valence-corrected chi connectivity index (χ1v) is 9.39. The van der Waals surface area contributed by atoms with Crippen molar-refractivity contribution in [1.29, 1.82) is 0 Å². The fraction of sp³-hybridized carbons (Fsp3) is 0. The van der Waals surface area contributed by atoms with Gasteiger partial charge in [-0.1, -0.05) is 28.1 Å². The summed E-state index contributed by atoms with van der Waals surface area (Å²) in [7, 11) is 0. The van der Waals surface area contributed by atoms with Crippen molar-refractivity contribution in [1.82, 2.24) is 9.55 Å². The van der Waals surface area contributed by atoms with E-state index in [9.17, 15) is 19.7 Å². The van der Waals surface area contributed by atoms with Crippen molar-refractivity contribution >= 4 is 50.6 Å². The standard InChI is InChI=1S/C19H10BrN3O5S/c20-11-4-5-14-13(9-11)17(24)22(19(29)21-14)18(25)16-7-6-15(28-16)10-2-1-3-12(8-10)23(26)27/h1-9H,(H,21,29). The van der Waals surface area contributed by atoms with E-state index < -0.39 is 16.4 Å².